The summed E-state index contributed by atoms with van der Waals surface area (Å²) in [5, 5.41) is 16.4. The Kier molecular flexibility index (Phi) is 15.9. The molecule has 0 spiro atoms. The second-order valence-electron chi connectivity index (χ2n) is 23.0. The minimum Gasteiger partial charge on any atom is -0.494 e. The summed E-state index contributed by atoms with van der Waals surface area (Å²) in [6, 6.07) is 15.3. The number of ether oxygens (including phenoxy) is 4. The number of aromatic nitrogens is 6. The number of benzene rings is 4. The molecule has 2 amide bonds. The Morgan fingerprint density at radius 3 is 1.29 bits per heavy atom. The van der Waals surface area contributed by atoms with Crippen molar-refractivity contribution in [3.63, 3.8) is 0 Å². The Bertz CT molecular complexity index is 3230. The highest BCUT2D eigenvalue weighted by Crippen LogP contribution is 2.47. The Morgan fingerprint density at radius 2 is 0.988 bits per heavy atom. The maximum Gasteiger partial charge on any atom is 0.416 e. The first-order valence-corrected chi connectivity index (χ1v) is 28.2. The predicted octanol–water partition coefficient (Wildman–Crippen LogP) is 10.0. The van der Waals surface area contributed by atoms with Crippen molar-refractivity contribution < 1.29 is 63.7 Å². The van der Waals surface area contributed by atoms with Crippen LogP contribution in [0.15, 0.2) is 73.3 Å². The smallest absolute Gasteiger partial charge is 0.416 e. The number of hydrogen-bond acceptors (Lipinski definition) is 12. The first-order chi connectivity index (χ1) is 40.0. The fourth-order valence-corrected chi connectivity index (χ4v) is 12.4. The van der Waals surface area contributed by atoms with Crippen LogP contribution < -0.4 is 19.3 Å². The van der Waals surface area contributed by atoms with Crippen molar-refractivity contribution in [2.45, 2.75) is 114 Å². The summed E-state index contributed by atoms with van der Waals surface area (Å²) in [7, 11) is 3.72. The van der Waals surface area contributed by atoms with Gasteiger partial charge >= 0.3 is 12.4 Å². The van der Waals surface area contributed by atoms with Gasteiger partial charge in [-0.1, -0.05) is 0 Å². The molecule has 6 aliphatic heterocycles. The Balaban J connectivity index is 0.000000175. The maximum atomic E-state index is 14.4. The van der Waals surface area contributed by atoms with E-state index < -0.39 is 70.6 Å². The highest BCUT2D eigenvalue weighted by molar-refractivity contribution is 6.11. The van der Waals surface area contributed by atoms with Crippen molar-refractivity contribution in [2.24, 2.45) is 14.1 Å². The van der Waals surface area contributed by atoms with E-state index in [1.807, 2.05) is 71.1 Å². The molecule has 8 heterocycles. The molecule has 12 rings (SSSR count). The van der Waals surface area contributed by atoms with Gasteiger partial charge in [0.25, 0.3) is 11.8 Å². The van der Waals surface area contributed by atoms with Gasteiger partial charge in [0.2, 0.25) is 0 Å². The molecule has 0 aliphatic carbocycles. The zero-order chi connectivity index (χ0) is 59.6. The molecule has 4 saturated heterocycles. The average Bonchev–Trinajstić information content (AvgIpc) is 2.14. The van der Waals surface area contributed by atoms with Crippen LogP contribution in [0.1, 0.15) is 129 Å². The molecule has 0 bridgehead atoms. The van der Waals surface area contributed by atoms with Crippen molar-refractivity contribution in [1.82, 2.24) is 39.3 Å². The van der Waals surface area contributed by atoms with Crippen LogP contribution >= 0.6 is 0 Å². The summed E-state index contributed by atoms with van der Waals surface area (Å²) in [5.74, 6) is 1.53. The van der Waals surface area contributed by atoms with E-state index in [0.717, 1.165) is 34.9 Å². The van der Waals surface area contributed by atoms with E-state index in [1.165, 1.54) is 9.80 Å². The number of anilines is 2. The van der Waals surface area contributed by atoms with Crippen molar-refractivity contribution in [2.75, 3.05) is 75.6 Å². The maximum absolute atomic E-state index is 14.4. The van der Waals surface area contributed by atoms with Crippen molar-refractivity contribution >= 4 is 23.2 Å². The Labute approximate surface area is 480 Å². The lowest BCUT2D eigenvalue weighted by molar-refractivity contribution is -0.139. The van der Waals surface area contributed by atoms with Gasteiger partial charge in [0.15, 0.2) is 0 Å². The summed E-state index contributed by atoms with van der Waals surface area (Å²) in [6.07, 6.45) is -6.35. The van der Waals surface area contributed by atoms with Crippen LogP contribution in [0.2, 0.25) is 0 Å². The third-order valence-corrected chi connectivity index (χ3v) is 17.5. The number of nitrogens with zero attached hydrogens (tertiary/aromatic N) is 10. The summed E-state index contributed by atoms with van der Waals surface area (Å²) in [5.41, 5.74) is 0.641. The Hall–Kier alpha value is -7.02. The van der Waals surface area contributed by atoms with E-state index in [0.29, 0.717) is 112 Å². The van der Waals surface area contributed by atoms with E-state index in [9.17, 15) is 44.7 Å². The number of hydrogen-bond donors (Lipinski definition) is 0. The lowest BCUT2D eigenvalue weighted by Gasteiger charge is -2.42. The molecule has 448 valence electrons. The van der Waals surface area contributed by atoms with Crippen LogP contribution in [-0.2, 0) is 72.7 Å². The number of carbonyl (C=O) groups excluding carboxylic acids is 2. The number of halogens is 8. The lowest BCUT2D eigenvalue weighted by Crippen LogP contribution is -2.49. The minimum absolute atomic E-state index is 0.0202. The normalized spacial score (nSPS) is 21.0. The summed E-state index contributed by atoms with van der Waals surface area (Å²) < 4.78 is 141. The zero-order valence-electron chi connectivity index (χ0n) is 47.5. The van der Waals surface area contributed by atoms with E-state index in [-0.39, 0.29) is 48.4 Å². The molecule has 24 heteroatoms. The van der Waals surface area contributed by atoms with Gasteiger partial charge in [-0.05, 0) is 122 Å². The summed E-state index contributed by atoms with van der Waals surface area (Å²) in [4.78, 5) is 34.1. The molecular formula is C60H66F8N10O6. The SMILES string of the molecule is CCOc1cc(N2Cc3c(cc([C@@H](C)N4CC[C@H](F)C4)cc3C(F)(F)F)C2=O)cc(C2(Cc3nncn3C)COC2)c1.CCOc1cc(N2Cc3c(cc([C@H](C)N4CC[C@H](F)C4)cc3C(F)(F)F)C2=O)cc(C2(Cc3nncn3C)COC2)c1. The standard InChI is InChI=1S/2C30H33F4N5O3/c2*1-4-42-23-10-20(29(15-41-16-29)12-27-36-35-17-37(27)3)9-22(11-23)39-14-25-24(28(39)40)7-19(8-26(25)30(32,33)34)18(2)38-6-5-21(31)13-38/h2*7-11,17-18,21H,4-6,12-16H2,1-3H3/t18-,21+;18-,21-/m10/s1. The molecule has 84 heavy (non-hydrogen) atoms. The number of likely N-dealkylation sites (tertiary alicyclic amines) is 2. The molecule has 16 nitrogen and oxygen atoms in total. The number of aryl methyl sites for hydroxylation is 2. The highest BCUT2D eigenvalue weighted by Gasteiger charge is 2.47. The van der Waals surface area contributed by atoms with E-state index >= 15 is 0 Å². The van der Waals surface area contributed by atoms with E-state index in [4.69, 9.17) is 18.9 Å². The van der Waals surface area contributed by atoms with Crippen LogP contribution in [0.5, 0.6) is 11.5 Å². The van der Waals surface area contributed by atoms with E-state index in [1.54, 1.807) is 50.8 Å². The van der Waals surface area contributed by atoms with Crippen molar-refractivity contribution in [1.29, 1.82) is 0 Å². The van der Waals surface area contributed by atoms with Crippen LogP contribution in [0, 0.1) is 0 Å². The molecular weight excluding hydrogens is 1110 g/mol. The summed E-state index contributed by atoms with van der Waals surface area (Å²) in [6.45, 7) is 10.4. The quantitative estimate of drug-likeness (QED) is 0.0851. The van der Waals surface area contributed by atoms with Crippen molar-refractivity contribution in [3.05, 3.63) is 141 Å². The van der Waals surface area contributed by atoms with Crippen LogP contribution in [0.3, 0.4) is 0 Å². The first kappa shape index (κ1) is 58.7. The third-order valence-electron chi connectivity index (χ3n) is 17.5. The molecule has 0 unspecified atom stereocenters. The molecule has 0 saturated carbocycles. The van der Waals surface area contributed by atoms with Crippen LogP contribution in [0.4, 0.5) is 46.5 Å². The second kappa shape index (κ2) is 22.8. The Morgan fingerprint density at radius 1 is 0.595 bits per heavy atom. The molecule has 6 aliphatic rings. The zero-order valence-corrected chi connectivity index (χ0v) is 47.5. The van der Waals surface area contributed by atoms with Gasteiger partial charge in [-0.15, -0.1) is 20.4 Å². The monoisotopic (exact) mass is 1170 g/mol. The fraction of sp³-hybridized carbons (Fsp3) is 0.500. The number of carbonyl (C=O) groups is 2. The lowest BCUT2D eigenvalue weighted by atomic mass is 9.75. The fourth-order valence-electron chi connectivity index (χ4n) is 12.4. The third kappa shape index (κ3) is 11.3. The summed E-state index contributed by atoms with van der Waals surface area (Å²) >= 11 is 0. The number of alkyl halides is 8. The molecule has 6 aromatic rings. The minimum atomic E-state index is -4.66. The van der Waals surface area contributed by atoms with Gasteiger partial charge in [0.05, 0.1) is 63.9 Å². The number of rotatable bonds is 16. The largest absolute Gasteiger partial charge is 0.494 e. The molecule has 0 N–H and O–H groups in total. The van der Waals surface area contributed by atoms with Gasteiger partial charge in [-0.2, -0.15) is 26.3 Å². The van der Waals surface area contributed by atoms with Crippen LogP contribution in [0.25, 0.3) is 0 Å². The predicted molar refractivity (Wildman–Crippen MR) is 293 cm³/mol. The number of amides is 2. The van der Waals surface area contributed by atoms with E-state index in [2.05, 4.69) is 20.4 Å². The molecule has 0 radical (unpaired) electrons. The van der Waals surface area contributed by atoms with Gasteiger partial charge < -0.3 is 37.9 Å². The highest BCUT2D eigenvalue weighted by atomic mass is 19.4. The topological polar surface area (TPSA) is 145 Å². The molecule has 4 atom stereocenters. The van der Waals surface area contributed by atoms with Crippen LogP contribution in [-0.4, -0.2) is 129 Å². The van der Waals surface area contributed by atoms with Gasteiger partial charge in [-0.25, -0.2) is 8.78 Å². The molecule has 4 aromatic carbocycles. The second-order valence-corrected chi connectivity index (χ2v) is 23.0. The van der Waals surface area contributed by atoms with Crippen molar-refractivity contribution in [3.8, 4) is 11.5 Å². The van der Waals surface area contributed by atoms with Gasteiger partial charge in [0.1, 0.15) is 48.1 Å². The first-order valence-electron chi connectivity index (χ1n) is 28.2. The van der Waals surface area contributed by atoms with Gasteiger partial charge in [0, 0.05) is 111 Å². The molecule has 4 fully saturated rings. The average molecular weight is 1180 g/mol. The van der Waals surface area contributed by atoms with Gasteiger partial charge in [-0.3, -0.25) is 19.4 Å². The number of fused-ring (bicyclic) bond motifs is 2. The molecule has 2 aromatic heterocycles.